The van der Waals surface area contributed by atoms with Crippen LogP contribution in [0.3, 0.4) is 0 Å². The molecule has 0 aromatic heterocycles. The van der Waals surface area contributed by atoms with E-state index in [1.807, 2.05) is 27.9 Å². The third-order valence-corrected chi connectivity index (χ3v) is 2.95. The number of hydrogen-bond donors (Lipinski definition) is 2. The number of hydrogen-bond acceptors (Lipinski definition) is 3. The maximum absolute atomic E-state index is 11.9. The molecule has 6 heteroatoms. The van der Waals surface area contributed by atoms with E-state index in [4.69, 9.17) is 5.11 Å². The van der Waals surface area contributed by atoms with Crippen molar-refractivity contribution in [2.24, 2.45) is 5.92 Å². The number of carboxylic acids is 1. The predicted molar refractivity (Wildman–Crippen MR) is 75.2 cm³/mol. The molecule has 0 spiro atoms. The molecule has 112 valence electrons. The molecular formula is C13H27N3O3. The van der Waals surface area contributed by atoms with Crippen molar-refractivity contribution in [1.82, 2.24) is 15.1 Å². The van der Waals surface area contributed by atoms with Crippen LogP contribution >= 0.6 is 0 Å². The summed E-state index contributed by atoms with van der Waals surface area (Å²) < 4.78 is 0. The van der Waals surface area contributed by atoms with E-state index in [2.05, 4.69) is 10.2 Å². The van der Waals surface area contributed by atoms with Crippen molar-refractivity contribution in [2.75, 3.05) is 34.2 Å². The van der Waals surface area contributed by atoms with Crippen LogP contribution in [0.15, 0.2) is 0 Å². The lowest BCUT2D eigenvalue weighted by Gasteiger charge is -2.25. The monoisotopic (exact) mass is 273 g/mol. The second kappa shape index (κ2) is 8.74. The summed E-state index contributed by atoms with van der Waals surface area (Å²) in [4.78, 5) is 26.3. The summed E-state index contributed by atoms with van der Waals surface area (Å²) in [6.07, 6.45) is 0.844. The average molecular weight is 273 g/mol. The first-order valence-electron chi connectivity index (χ1n) is 6.62. The lowest BCUT2D eigenvalue weighted by molar-refractivity contribution is -0.137. The molecule has 2 amide bonds. The second-order valence-corrected chi connectivity index (χ2v) is 5.48. The highest BCUT2D eigenvalue weighted by molar-refractivity contribution is 5.75. The zero-order valence-corrected chi connectivity index (χ0v) is 12.6. The maximum atomic E-state index is 11.9. The largest absolute Gasteiger partial charge is 0.481 e. The fourth-order valence-electron chi connectivity index (χ4n) is 1.64. The van der Waals surface area contributed by atoms with E-state index < -0.39 is 5.97 Å². The first-order valence-corrected chi connectivity index (χ1v) is 6.62. The van der Waals surface area contributed by atoms with Crippen molar-refractivity contribution in [1.29, 1.82) is 0 Å². The number of carbonyl (C=O) groups excluding carboxylic acids is 1. The van der Waals surface area contributed by atoms with Crippen LogP contribution in [0.2, 0.25) is 0 Å². The van der Waals surface area contributed by atoms with Gasteiger partial charge in [-0.05, 0) is 33.0 Å². The van der Waals surface area contributed by atoms with Crippen LogP contribution in [-0.2, 0) is 4.79 Å². The summed E-state index contributed by atoms with van der Waals surface area (Å²) in [6, 6.07) is -0.542. The highest BCUT2D eigenvalue weighted by Gasteiger charge is 2.20. The van der Waals surface area contributed by atoms with Gasteiger partial charge >= 0.3 is 12.0 Å². The SMILES string of the molecule is CC(C)C(CC(=O)O)NC(=O)N(C)CCCN(C)C. The Morgan fingerprint density at radius 2 is 1.74 bits per heavy atom. The molecule has 0 aliphatic rings. The molecule has 0 bridgehead atoms. The lowest BCUT2D eigenvalue weighted by Crippen LogP contribution is -2.46. The molecule has 0 saturated carbocycles. The third-order valence-electron chi connectivity index (χ3n) is 2.95. The summed E-state index contributed by atoms with van der Waals surface area (Å²) in [5.41, 5.74) is 0. The quantitative estimate of drug-likeness (QED) is 0.694. The van der Waals surface area contributed by atoms with E-state index in [-0.39, 0.29) is 24.4 Å². The fourth-order valence-corrected chi connectivity index (χ4v) is 1.64. The molecule has 0 aromatic rings. The van der Waals surface area contributed by atoms with Gasteiger partial charge in [-0.2, -0.15) is 0 Å². The van der Waals surface area contributed by atoms with Crippen molar-refractivity contribution in [2.45, 2.75) is 32.7 Å². The molecule has 0 fully saturated rings. The van der Waals surface area contributed by atoms with Gasteiger partial charge in [0.1, 0.15) is 0 Å². The van der Waals surface area contributed by atoms with Gasteiger partial charge in [0.15, 0.2) is 0 Å². The molecule has 0 aromatic carbocycles. The molecule has 0 saturated heterocycles. The summed E-state index contributed by atoms with van der Waals surface area (Å²) in [6.45, 7) is 5.38. The van der Waals surface area contributed by atoms with Crippen molar-refractivity contribution >= 4 is 12.0 Å². The summed E-state index contributed by atoms with van der Waals surface area (Å²) in [5.74, 6) is -0.801. The molecule has 0 aliphatic carbocycles. The van der Waals surface area contributed by atoms with Crippen molar-refractivity contribution in [3.05, 3.63) is 0 Å². The van der Waals surface area contributed by atoms with E-state index >= 15 is 0 Å². The molecule has 1 atom stereocenters. The molecule has 0 radical (unpaired) electrons. The molecule has 0 aliphatic heterocycles. The summed E-state index contributed by atoms with van der Waals surface area (Å²) in [7, 11) is 5.70. The Balaban J connectivity index is 4.19. The van der Waals surface area contributed by atoms with Crippen LogP contribution in [-0.4, -0.2) is 67.2 Å². The van der Waals surface area contributed by atoms with Crippen molar-refractivity contribution in [3.8, 4) is 0 Å². The Bertz CT molecular complexity index is 293. The van der Waals surface area contributed by atoms with E-state index in [0.29, 0.717) is 6.54 Å². The predicted octanol–water partition coefficient (Wildman–Crippen LogP) is 1.08. The third kappa shape index (κ3) is 8.42. The molecule has 6 nitrogen and oxygen atoms in total. The van der Waals surface area contributed by atoms with Gasteiger partial charge in [0.2, 0.25) is 0 Å². The first kappa shape index (κ1) is 17.7. The molecule has 0 heterocycles. The van der Waals surface area contributed by atoms with Gasteiger partial charge in [-0.15, -0.1) is 0 Å². The number of rotatable bonds is 8. The fraction of sp³-hybridized carbons (Fsp3) is 0.846. The smallest absolute Gasteiger partial charge is 0.317 e. The molecule has 2 N–H and O–H groups in total. The topological polar surface area (TPSA) is 72.9 Å². The number of urea groups is 1. The Hall–Kier alpha value is -1.30. The minimum Gasteiger partial charge on any atom is -0.481 e. The van der Waals surface area contributed by atoms with Gasteiger partial charge in [0.05, 0.1) is 6.42 Å². The summed E-state index contributed by atoms with van der Waals surface area (Å²) in [5, 5.41) is 11.6. The molecule has 19 heavy (non-hydrogen) atoms. The van der Waals surface area contributed by atoms with Crippen LogP contribution in [0.25, 0.3) is 0 Å². The maximum Gasteiger partial charge on any atom is 0.317 e. The molecule has 0 rings (SSSR count). The van der Waals surface area contributed by atoms with Crippen LogP contribution < -0.4 is 5.32 Å². The minimum atomic E-state index is -0.894. The number of amides is 2. The summed E-state index contributed by atoms with van der Waals surface area (Å²) >= 11 is 0. The highest BCUT2D eigenvalue weighted by atomic mass is 16.4. The van der Waals surface area contributed by atoms with E-state index in [1.165, 1.54) is 0 Å². The van der Waals surface area contributed by atoms with E-state index in [9.17, 15) is 9.59 Å². The number of carbonyl (C=O) groups is 2. The van der Waals surface area contributed by atoms with Gasteiger partial charge in [-0.1, -0.05) is 13.8 Å². The number of nitrogens with one attached hydrogen (secondary N) is 1. The number of aliphatic carboxylic acids is 1. The molecule has 1 unspecified atom stereocenters. The Labute approximate surface area is 115 Å². The van der Waals surface area contributed by atoms with Gasteiger partial charge in [-0.25, -0.2) is 4.79 Å². The zero-order chi connectivity index (χ0) is 15.0. The van der Waals surface area contributed by atoms with Crippen LogP contribution in [0.5, 0.6) is 0 Å². The highest BCUT2D eigenvalue weighted by Crippen LogP contribution is 2.07. The standard InChI is InChI=1S/C13H27N3O3/c1-10(2)11(9-12(17)18)14-13(19)16(5)8-6-7-15(3)4/h10-11H,6-9H2,1-5H3,(H,14,19)(H,17,18). The van der Waals surface area contributed by atoms with Gasteiger partial charge in [0, 0.05) is 19.6 Å². The molecular weight excluding hydrogens is 246 g/mol. The van der Waals surface area contributed by atoms with Crippen LogP contribution in [0.1, 0.15) is 26.7 Å². The number of nitrogens with zero attached hydrogens (tertiary/aromatic N) is 2. The van der Waals surface area contributed by atoms with Gasteiger partial charge in [-0.3, -0.25) is 4.79 Å². The van der Waals surface area contributed by atoms with Crippen molar-refractivity contribution < 1.29 is 14.7 Å². The second-order valence-electron chi connectivity index (χ2n) is 5.48. The Kier molecular flexibility index (Phi) is 8.14. The zero-order valence-electron chi connectivity index (χ0n) is 12.6. The number of carboxylic acid groups (broad SMARTS) is 1. The van der Waals surface area contributed by atoms with E-state index in [1.54, 1.807) is 11.9 Å². The normalized spacial score (nSPS) is 12.6. The van der Waals surface area contributed by atoms with Gasteiger partial charge in [0.25, 0.3) is 0 Å². The van der Waals surface area contributed by atoms with Crippen LogP contribution in [0, 0.1) is 5.92 Å². The van der Waals surface area contributed by atoms with Crippen LogP contribution in [0.4, 0.5) is 4.79 Å². The van der Waals surface area contributed by atoms with Crippen molar-refractivity contribution in [3.63, 3.8) is 0 Å². The minimum absolute atomic E-state index is 0.0467. The average Bonchev–Trinajstić information content (AvgIpc) is 2.26. The lowest BCUT2D eigenvalue weighted by atomic mass is 10.0. The Morgan fingerprint density at radius 3 is 2.16 bits per heavy atom. The van der Waals surface area contributed by atoms with Gasteiger partial charge < -0.3 is 20.2 Å². The first-order chi connectivity index (χ1) is 8.73. The Morgan fingerprint density at radius 1 is 1.16 bits per heavy atom. The van der Waals surface area contributed by atoms with E-state index in [0.717, 1.165) is 13.0 Å².